The second kappa shape index (κ2) is 6.43. The molecule has 3 nitrogen and oxygen atoms in total. The number of halogens is 1. The van der Waals surface area contributed by atoms with Crippen LogP contribution in [-0.2, 0) is 9.53 Å². The third-order valence-electron chi connectivity index (χ3n) is 2.06. The number of nitrogens with zero attached hydrogens (tertiary/aromatic N) is 1. The summed E-state index contributed by atoms with van der Waals surface area (Å²) in [5.41, 5.74) is 1.68. The number of carbonyl (C=O) groups excluding carboxylic acids is 1. The zero-order valence-electron chi connectivity index (χ0n) is 9.37. The molecule has 0 aliphatic carbocycles. The zero-order valence-corrected chi connectivity index (χ0v) is 11.0. The summed E-state index contributed by atoms with van der Waals surface area (Å²) >= 11 is 3.36. The fourth-order valence-corrected chi connectivity index (χ4v) is 1.57. The largest absolute Gasteiger partial charge is 0.466 e. The van der Waals surface area contributed by atoms with Crippen LogP contribution in [0.4, 0.5) is 0 Å². The van der Waals surface area contributed by atoms with Crippen LogP contribution >= 0.6 is 15.9 Å². The minimum absolute atomic E-state index is 0.214. The van der Waals surface area contributed by atoms with Gasteiger partial charge < -0.3 is 4.74 Å². The number of benzene rings is 1. The number of hydrogen-bond acceptors (Lipinski definition) is 3. The van der Waals surface area contributed by atoms with E-state index in [1.165, 1.54) is 0 Å². The maximum absolute atomic E-state index is 11.3. The Bertz CT molecular complexity index is 385. The lowest BCUT2D eigenvalue weighted by Crippen LogP contribution is -2.12. The van der Waals surface area contributed by atoms with Crippen LogP contribution < -0.4 is 0 Å². The lowest BCUT2D eigenvalue weighted by Gasteiger charge is -2.05. The van der Waals surface area contributed by atoms with Gasteiger partial charge >= 0.3 is 5.97 Å². The summed E-state index contributed by atoms with van der Waals surface area (Å²) in [7, 11) is 1.68. The van der Waals surface area contributed by atoms with E-state index in [2.05, 4.69) is 20.9 Å². The molecule has 0 aliphatic rings. The average molecular weight is 284 g/mol. The first-order valence-electron chi connectivity index (χ1n) is 5.04. The van der Waals surface area contributed by atoms with Gasteiger partial charge in [-0.05, 0) is 24.6 Å². The molecular formula is C12H14BrNO2. The lowest BCUT2D eigenvalue weighted by molar-refractivity contribution is -0.141. The third-order valence-corrected chi connectivity index (χ3v) is 2.59. The molecule has 4 heteroatoms. The molecule has 0 atom stereocenters. The van der Waals surface area contributed by atoms with Crippen LogP contribution in [0.25, 0.3) is 0 Å². The van der Waals surface area contributed by atoms with Gasteiger partial charge in [0.2, 0.25) is 0 Å². The van der Waals surface area contributed by atoms with Crippen LogP contribution in [0, 0.1) is 0 Å². The highest BCUT2D eigenvalue weighted by Crippen LogP contribution is 2.12. The fourth-order valence-electron chi connectivity index (χ4n) is 1.30. The maximum atomic E-state index is 11.3. The van der Waals surface area contributed by atoms with E-state index in [0.29, 0.717) is 6.61 Å². The summed E-state index contributed by atoms with van der Waals surface area (Å²) in [5.74, 6) is -0.244. The van der Waals surface area contributed by atoms with Crippen molar-refractivity contribution >= 4 is 27.6 Å². The van der Waals surface area contributed by atoms with Crippen molar-refractivity contribution in [2.75, 3.05) is 13.7 Å². The normalized spacial score (nSPS) is 11.3. The van der Waals surface area contributed by atoms with E-state index in [1.807, 2.05) is 24.3 Å². The molecule has 1 rings (SSSR count). The predicted molar refractivity (Wildman–Crippen MR) is 67.9 cm³/mol. The molecule has 1 aromatic rings. The van der Waals surface area contributed by atoms with Gasteiger partial charge in [-0.2, -0.15) is 0 Å². The summed E-state index contributed by atoms with van der Waals surface area (Å²) in [5, 5.41) is 0. The topological polar surface area (TPSA) is 38.7 Å². The van der Waals surface area contributed by atoms with Gasteiger partial charge in [0.25, 0.3) is 0 Å². The van der Waals surface area contributed by atoms with Crippen molar-refractivity contribution in [1.82, 2.24) is 0 Å². The van der Waals surface area contributed by atoms with Crippen molar-refractivity contribution in [2.24, 2.45) is 4.99 Å². The van der Waals surface area contributed by atoms with Gasteiger partial charge in [0.05, 0.1) is 18.7 Å². The number of carbonyl (C=O) groups is 1. The van der Waals surface area contributed by atoms with Gasteiger partial charge in [-0.25, -0.2) is 0 Å². The zero-order chi connectivity index (χ0) is 12.0. The smallest absolute Gasteiger partial charge is 0.311 e. The minimum atomic E-state index is -0.244. The molecule has 86 valence electrons. The highest BCUT2D eigenvalue weighted by atomic mass is 79.9. The number of rotatable bonds is 4. The monoisotopic (exact) mass is 283 g/mol. The van der Waals surface area contributed by atoms with Crippen LogP contribution in [0.2, 0.25) is 0 Å². The van der Waals surface area contributed by atoms with Crippen molar-refractivity contribution < 1.29 is 9.53 Å². The molecule has 1 aromatic carbocycles. The molecule has 0 spiro atoms. The van der Waals surface area contributed by atoms with Gasteiger partial charge in [0, 0.05) is 11.5 Å². The van der Waals surface area contributed by atoms with Crippen LogP contribution in [-0.4, -0.2) is 25.3 Å². The predicted octanol–water partition coefficient (Wildman–Crippen LogP) is 2.82. The van der Waals surface area contributed by atoms with Crippen molar-refractivity contribution in [3.05, 3.63) is 34.3 Å². The number of aliphatic imine (C=N–C) groups is 1. The van der Waals surface area contributed by atoms with Crippen molar-refractivity contribution in [3.8, 4) is 0 Å². The minimum Gasteiger partial charge on any atom is -0.466 e. The second-order valence-electron chi connectivity index (χ2n) is 3.16. The SMILES string of the molecule is CCOC(=O)CC(=NC)c1ccc(Br)cc1. The molecule has 0 saturated carbocycles. The molecule has 0 aliphatic heterocycles. The summed E-state index contributed by atoms with van der Waals surface area (Å²) < 4.78 is 5.89. The summed E-state index contributed by atoms with van der Waals surface area (Å²) in [4.78, 5) is 15.5. The van der Waals surface area contributed by atoms with Crippen molar-refractivity contribution in [2.45, 2.75) is 13.3 Å². The van der Waals surface area contributed by atoms with Gasteiger partial charge in [0.15, 0.2) is 0 Å². The van der Waals surface area contributed by atoms with E-state index in [-0.39, 0.29) is 12.4 Å². The molecule has 0 fully saturated rings. The molecule has 0 amide bonds. The number of esters is 1. The Morgan fingerprint density at radius 2 is 2.00 bits per heavy atom. The molecular weight excluding hydrogens is 270 g/mol. The molecule has 0 radical (unpaired) electrons. The molecule has 0 N–H and O–H groups in total. The molecule has 0 unspecified atom stereocenters. The fraction of sp³-hybridized carbons (Fsp3) is 0.333. The lowest BCUT2D eigenvalue weighted by atomic mass is 10.1. The average Bonchev–Trinajstić information content (AvgIpc) is 2.27. The first kappa shape index (κ1) is 12.9. The Morgan fingerprint density at radius 3 is 2.50 bits per heavy atom. The molecule has 0 heterocycles. The Labute approximate surface area is 104 Å². The van der Waals surface area contributed by atoms with Crippen LogP contribution in [0.5, 0.6) is 0 Å². The van der Waals surface area contributed by atoms with E-state index < -0.39 is 0 Å². The number of ether oxygens (including phenoxy) is 1. The van der Waals surface area contributed by atoms with Gasteiger partial charge in [-0.3, -0.25) is 9.79 Å². The number of hydrogen-bond donors (Lipinski definition) is 0. The Morgan fingerprint density at radius 1 is 1.38 bits per heavy atom. The van der Waals surface area contributed by atoms with Crippen molar-refractivity contribution in [1.29, 1.82) is 0 Å². The Kier molecular flexibility index (Phi) is 5.19. The van der Waals surface area contributed by atoms with Crippen LogP contribution in [0.15, 0.2) is 33.7 Å². The molecule has 0 saturated heterocycles. The molecule has 16 heavy (non-hydrogen) atoms. The molecule has 0 aromatic heterocycles. The first-order chi connectivity index (χ1) is 7.67. The Balaban J connectivity index is 2.76. The highest BCUT2D eigenvalue weighted by molar-refractivity contribution is 9.10. The standard InChI is InChI=1S/C12H14BrNO2/c1-3-16-12(15)8-11(14-2)9-4-6-10(13)7-5-9/h4-7H,3,8H2,1-2H3. The van der Waals surface area contributed by atoms with E-state index >= 15 is 0 Å². The molecule has 0 bridgehead atoms. The van der Waals surface area contributed by atoms with Crippen LogP contribution in [0.3, 0.4) is 0 Å². The van der Waals surface area contributed by atoms with E-state index in [0.717, 1.165) is 15.7 Å². The third kappa shape index (κ3) is 3.77. The van der Waals surface area contributed by atoms with E-state index in [4.69, 9.17) is 4.74 Å². The second-order valence-corrected chi connectivity index (χ2v) is 4.07. The van der Waals surface area contributed by atoms with Gasteiger partial charge in [-0.1, -0.05) is 28.1 Å². The van der Waals surface area contributed by atoms with Gasteiger partial charge in [-0.15, -0.1) is 0 Å². The highest BCUT2D eigenvalue weighted by Gasteiger charge is 2.09. The maximum Gasteiger partial charge on any atom is 0.311 e. The summed E-state index contributed by atoms with van der Waals surface area (Å²) in [6.45, 7) is 2.19. The van der Waals surface area contributed by atoms with Crippen molar-refractivity contribution in [3.63, 3.8) is 0 Å². The van der Waals surface area contributed by atoms with E-state index in [1.54, 1.807) is 14.0 Å². The van der Waals surface area contributed by atoms with Gasteiger partial charge in [0.1, 0.15) is 0 Å². The van der Waals surface area contributed by atoms with Crippen LogP contribution in [0.1, 0.15) is 18.9 Å². The first-order valence-corrected chi connectivity index (χ1v) is 5.84. The van der Waals surface area contributed by atoms with E-state index in [9.17, 15) is 4.79 Å². The summed E-state index contributed by atoms with van der Waals surface area (Å²) in [6.07, 6.45) is 0.214. The summed E-state index contributed by atoms with van der Waals surface area (Å²) in [6, 6.07) is 7.69. The Hall–Kier alpha value is -1.16. The quantitative estimate of drug-likeness (QED) is 0.630.